The molecule has 0 spiro atoms. The Labute approximate surface area is 160 Å². The number of esters is 1. The molecule has 0 N–H and O–H groups in total. The summed E-state index contributed by atoms with van der Waals surface area (Å²) in [6.45, 7) is 3.08. The number of hydrogen-bond acceptors (Lipinski definition) is 7. The van der Waals surface area contributed by atoms with Crippen LogP contribution >= 0.6 is 22.9 Å². The summed E-state index contributed by atoms with van der Waals surface area (Å²) in [5.41, 5.74) is 0.641. The zero-order valence-corrected chi connectivity index (χ0v) is 16.4. The largest absolute Gasteiger partial charge is 0.456 e. The Morgan fingerprint density at radius 2 is 2.12 bits per heavy atom. The van der Waals surface area contributed by atoms with E-state index in [0.29, 0.717) is 18.9 Å². The third-order valence-electron chi connectivity index (χ3n) is 3.78. The minimum absolute atomic E-state index is 0.0000559. The second kappa shape index (κ2) is 8.01. The van der Waals surface area contributed by atoms with E-state index in [2.05, 4.69) is 4.98 Å². The number of hydrogen-bond donors (Lipinski definition) is 0. The predicted octanol–water partition coefficient (Wildman–Crippen LogP) is 2.48. The molecule has 0 bridgehead atoms. The molecule has 10 heteroatoms. The van der Waals surface area contributed by atoms with E-state index < -0.39 is 16.0 Å². The maximum absolute atomic E-state index is 12.7. The maximum Gasteiger partial charge on any atom is 0.340 e. The zero-order chi connectivity index (χ0) is 18.7. The number of aryl methyl sites for hydroxylation is 1. The standard InChI is InChI=1S/C16H17ClN2O5S2/c1-11-18-12(10-25-11)9-24-16(20)14-8-13(2-3-15(14)17)26(21,22)19-4-6-23-7-5-19/h2-3,8,10H,4-7,9H2,1H3. The van der Waals surface area contributed by atoms with Crippen molar-refractivity contribution in [1.29, 1.82) is 0 Å². The summed E-state index contributed by atoms with van der Waals surface area (Å²) in [6.07, 6.45) is 0. The quantitative estimate of drug-likeness (QED) is 0.696. The highest BCUT2D eigenvalue weighted by Crippen LogP contribution is 2.24. The van der Waals surface area contributed by atoms with Gasteiger partial charge in [-0.25, -0.2) is 18.2 Å². The molecule has 0 aliphatic carbocycles. The fourth-order valence-corrected chi connectivity index (χ4v) is 4.68. The van der Waals surface area contributed by atoms with Gasteiger partial charge in [0, 0.05) is 18.5 Å². The lowest BCUT2D eigenvalue weighted by Gasteiger charge is -2.26. The minimum atomic E-state index is -3.72. The van der Waals surface area contributed by atoms with E-state index in [1.165, 1.54) is 33.8 Å². The summed E-state index contributed by atoms with van der Waals surface area (Å²) >= 11 is 7.52. The van der Waals surface area contributed by atoms with Gasteiger partial charge in [-0.1, -0.05) is 11.6 Å². The Morgan fingerprint density at radius 1 is 1.38 bits per heavy atom. The highest BCUT2D eigenvalue weighted by atomic mass is 35.5. The van der Waals surface area contributed by atoms with Crippen LogP contribution in [0.15, 0.2) is 28.5 Å². The number of nitrogens with zero attached hydrogens (tertiary/aromatic N) is 2. The molecule has 140 valence electrons. The molecule has 1 aromatic heterocycles. The van der Waals surface area contributed by atoms with Gasteiger partial charge < -0.3 is 9.47 Å². The van der Waals surface area contributed by atoms with Crippen LogP contribution in [0.2, 0.25) is 5.02 Å². The molecule has 0 radical (unpaired) electrons. The van der Waals surface area contributed by atoms with E-state index in [1.807, 2.05) is 6.92 Å². The van der Waals surface area contributed by atoms with Gasteiger partial charge in [-0.05, 0) is 25.1 Å². The Kier molecular flexibility index (Phi) is 5.93. The first-order valence-electron chi connectivity index (χ1n) is 7.83. The van der Waals surface area contributed by atoms with E-state index in [9.17, 15) is 13.2 Å². The summed E-state index contributed by atoms with van der Waals surface area (Å²) in [5.74, 6) is -0.695. The van der Waals surface area contributed by atoms with Crippen LogP contribution in [0, 0.1) is 6.92 Å². The molecule has 1 aliphatic heterocycles. The molecule has 26 heavy (non-hydrogen) atoms. The predicted molar refractivity (Wildman–Crippen MR) is 97.0 cm³/mol. The smallest absolute Gasteiger partial charge is 0.340 e. The van der Waals surface area contributed by atoms with Crippen molar-refractivity contribution in [2.75, 3.05) is 26.3 Å². The fourth-order valence-electron chi connectivity index (χ4n) is 2.45. The van der Waals surface area contributed by atoms with Gasteiger partial charge in [-0.15, -0.1) is 11.3 Å². The number of ether oxygens (including phenoxy) is 2. The van der Waals surface area contributed by atoms with Crippen LogP contribution < -0.4 is 0 Å². The third-order valence-corrected chi connectivity index (χ3v) is 6.83. The van der Waals surface area contributed by atoms with Gasteiger partial charge in [0.1, 0.15) is 6.61 Å². The van der Waals surface area contributed by atoms with Crippen molar-refractivity contribution in [3.63, 3.8) is 0 Å². The van der Waals surface area contributed by atoms with Crippen LogP contribution in [-0.2, 0) is 26.1 Å². The van der Waals surface area contributed by atoms with Crippen molar-refractivity contribution < 1.29 is 22.7 Å². The normalized spacial score (nSPS) is 15.8. The van der Waals surface area contributed by atoms with Crippen molar-refractivity contribution >= 4 is 38.9 Å². The number of carbonyl (C=O) groups is 1. The molecule has 0 atom stereocenters. The second-order valence-corrected chi connectivity index (χ2v) is 9.00. The van der Waals surface area contributed by atoms with Crippen LogP contribution in [0.4, 0.5) is 0 Å². The molecule has 1 aliphatic rings. The lowest BCUT2D eigenvalue weighted by Crippen LogP contribution is -2.40. The lowest BCUT2D eigenvalue weighted by atomic mass is 10.2. The minimum Gasteiger partial charge on any atom is -0.456 e. The average Bonchev–Trinajstić information content (AvgIpc) is 3.06. The van der Waals surface area contributed by atoms with E-state index >= 15 is 0 Å². The van der Waals surface area contributed by atoms with Gasteiger partial charge >= 0.3 is 5.97 Å². The SMILES string of the molecule is Cc1nc(COC(=O)c2cc(S(=O)(=O)N3CCOCC3)ccc2Cl)cs1. The molecule has 0 saturated carbocycles. The Morgan fingerprint density at radius 3 is 2.77 bits per heavy atom. The Bertz CT molecular complexity index is 907. The van der Waals surface area contributed by atoms with Gasteiger partial charge in [-0.3, -0.25) is 0 Å². The first kappa shape index (κ1) is 19.2. The van der Waals surface area contributed by atoms with Crippen molar-refractivity contribution in [2.24, 2.45) is 0 Å². The van der Waals surface area contributed by atoms with Crippen LogP contribution in [0.5, 0.6) is 0 Å². The average molecular weight is 417 g/mol. The van der Waals surface area contributed by atoms with E-state index in [4.69, 9.17) is 21.1 Å². The Hall–Kier alpha value is -1.52. The molecule has 0 unspecified atom stereocenters. The number of benzene rings is 1. The third kappa shape index (κ3) is 4.24. The van der Waals surface area contributed by atoms with Crippen molar-refractivity contribution in [1.82, 2.24) is 9.29 Å². The molecule has 7 nitrogen and oxygen atoms in total. The topological polar surface area (TPSA) is 85.8 Å². The van der Waals surface area contributed by atoms with Crippen LogP contribution in [0.1, 0.15) is 21.1 Å². The van der Waals surface area contributed by atoms with Crippen molar-refractivity contribution in [3.05, 3.63) is 44.9 Å². The first-order chi connectivity index (χ1) is 12.4. The van der Waals surface area contributed by atoms with Crippen LogP contribution in [0.25, 0.3) is 0 Å². The zero-order valence-electron chi connectivity index (χ0n) is 14.0. The van der Waals surface area contributed by atoms with Crippen LogP contribution in [-0.4, -0.2) is 50.0 Å². The number of aromatic nitrogens is 1. The summed E-state index contributed by atoms with van der Waals surface area (Å²) in [7, 11) is -3.72. The molecular formula is C16H17ClN2O5S2. The van der Waals surface area contributed by atoms with Crippen molar-refractivity contribution in [3.8, 4) is 0 Å². The number of carbonyl (C=O) groups excluding carboxylic acids is 1. The highest BCUT2D eigenvalue weighted by molar-refractivity contribution is 7.89. The molecule has 1 saturated heterocycles. The first-order valence-corrected chi connectivity index (χ1v) is 10.5. The number of morpholine rings is 1. The van der Waals surface area contributed by atoms with Crippen LogP contribution in [0.3, 0.4) is 0 Å². The van der Waals surface area contributed by atoms with Gasteiger partial charge in [0.15, 0.2) is 0 Å². The summed E-state index contributed by atoms with van der Waals surface area (Å²) in [6, 6.07) is 4.02. The summed E-state index contributed by atoms with van der Waals surface area (Å²) in [4.78, 5) is 16.6. The number of rotatable bonds is 5. The summed E-state index contributed by atoms with van der Waals surface area (Å²) in [5, 5.41) is 2.79. The molecule has 1 fully saturated rings. The highest BCUT2D eigenvalue weighted by Gasteiger charge is 2.28. The molecule has 0 amide bonds. The van der Waals surface area contributed by atoms with Gasteiger partial charge in [0.2, 0.25) is 10.0 Å². The molecular weight excluding hydrogens is 400 g/mol. The van der Waals surface area contributed by atoms with Gasteiger partial charge in [0.05, 0.1) is 39.4 Å². The molecule has 2 heterocycles. The van der Waals surface area contributed by atoms with Gasteiger partial charge in [0.25, 0.3) is 0 Å². The van der Waals surface area contributed by atoms with E-state index in [-0.39, 0.29) is 35.2 Å². The number of sulfonamides is 1. The van der Waals surface area contributed by atoms with Crippen molar-refractivity contribution in [2.45, 2.75) is 18.4 Å². The maximum atomic E-state index is 12.7. The second-order valence-electron chi connectivity index (χ2n) is 5.59. The molecule has 2 aromatic rings. The Balaban J connectivity index is 1.79. The molecule has 1 aromatic carbocycles. The fraction of sp³-hybridized carbons (Fsp3) is 0.375. The van der Waals surface area contributed by atoms with E-state index in [0.717, 1.165) is 5.01 Å². The number of thiazole rings is 1. The van der Waals surface area contributed by atoms with E-state index in [1.54, 1.807) is 5.38 Å². The summed E-state index contributed by atoms with van der Waals surface area (Å²) < 4.78 is 37.2. The lowest BCUT2D eigenvalue weighted by molar-refractivity contribution is 0.0468. The monoisotopic (exact) mass is 416 g/mol. The number of halogens is 1. The molecule has 3 rings (SSSR count). The van der Waals surface area contributed by atoms with Gasteiger partial charge in [-0.2, -0.15) is 4.31 Å².